The van der Waals surface area contributed by atoms with E-state index in [-0.39, 0.29) is 5.82 Å². The van der Waals surface area contributed by atoms with Crippen LogP contribution in [0.25, 0.3) is 6.08 Å². The summed E-state index contributed by atoms with van der Waals surface area (Å²) in [4.78, 5) is 10.5. The molecule has 0 unspecified atom stereocenters. The summed E-state index contributed by atoms with van der Waals surface area (Å²) in [6, 6.07) is 5.94. The molecule has 1 amide bonds. The van der Waals surface area contributed by atoms with Gasteiger partial charge in [0.05, 0.1) is 0 Å². The molecule has 0 aromatic heterocycles. The Labute approximate surface area is 86.5 Å². The molecule has 0 spiro atoms. The molecule has 78 valence electrons. The Morgan fingerprint density at radius 1 is 1.27 bits per heavy atom. The zero-order valence-corrected chi connectivity index (χ0v) is 7.85. The highest BCUT2D eigenvalue weighted by molar-refractivity contribution is 5.86. The Bertz CT molecular complexity index is 382. The van der Waals surface area contributed by atoms with Crippen LogP contribution in [0.2, 0.25) is 0 Å². The van der Waals surface area contributed by atoms with Crippen molar-refractivity contribution >= 4 is 12.0 Å². The third kappa shape index (κ3) is 4.19. The number of amides is 1. The zero-order valence-electron chi connectivity index (χ0n) is 7.85. The number of hydroxylamine groups is 1. The third-order valence-electron chi connectivity index (χ3n) is 1.63. The second-order valence-corrected chi connectivity index (χ2v) is 2.75. The minimum atomic E-state index is -0.598. The number of rotatable bonds is 3. The van der Waals surface area contributed by atoms with Gasteiger partial charge in [-0.3, -0.25) is 10.0 Å². The van der Waals surface area contributed by atoms with Crippen molar-refractivity contribution in [3.63, 3.8) is 0 Å². The predicted octanol–water partition coefficient (Wildman–Crippen LogP) is 1.90. The number of hydrogen-bond acceptors (Lipinski definition) is 2. The molecule has 0 bridgehead atoms. The van der Waals surface area contributed by atoms with E-state index in [1.807, 2.05) is 0 Å². The Morgan fingerprint density at radius 3 is 2.53 bits per heavy atom. The topological polar surface area (TPSA) is 49.3 Å². The first-order valence-corrected chi connectivity index (χ1v) is 4.27. The van der Waals surface area contributed by atoms with Crippen LogP contribution in [0.1, 0.15) is 5.56 Å². The molecule has 4 heteroatoms. The van der Waals surface area contributed by atoms with Crippen LogP contribution in [0.5, 0.6) is 0 Å². The van der Waals surface area contributed by atoms with Gasteiger partial charge in [-0.2, -0.15) is 0 Å². The minimum Gasteiger partial charge on any atom is -0.288 e. The molecule has 0 aliphatic heterocycles. The van der Waals surface area contributed by atoms with Crippen molar-refractivity contribution in [2.45, 2.75) is 0 Å². The maximum absolute atomic E-state index is 12.5. The minimum absolute atomic E-state index is 0.289. The maximum Gasteiger partial charge on any atom is 0.267 e. The standard InChI is InChI=1S/C11H10FNO2/c12-10-7-5-9(6-8-10)3-1-2-4-11(14)13-15/h1-8,15H,(H,13,14)/b3-1+,4-2+. The lowest BCUT2D eigenvalue weighted by atomic mass is 10.2. The molecule has 15 heavy (non-hydrogen) atoms. The van der Waals surface area contributed by atoms with Crippen LogP contribution in [-0.2, 0) is 4.79 Å². The highest BCUT2D eigenvalue weighted by Gasteiger charge is 1.88. The SMILES string of the molecule is O=C(/C=C/C=C/c1ccc(F)cc1)NO. The number of halogens is 1. The van der Waals surface area contributed by atoms with Crippen molar-refractivity contribution in [2.24, 2.45) is 0 Å². The van der Waals surface area contributed by atoms with Crippen LogP contribution in [0.4, 0.5) is 4.39 Å². The summed E-state index contributed by atoms with van der Waals surface area (Å²) in [5.41, 5.74) is 2.29. The van der Waals surface area contributed by atoms with Gasteiger partial charge in [0.25, 0.3) is 5.91 Å². The van der Waals surface area contributed by atoms with E-state index in [4.69, 9.17) is 5.21 Å². The van der Waals surface area contributed by atoms with Gasteiger partial charge in [-0.25, -0.2) is 9.87 Å². The van der Waals surface area contributed by atoms with Gasteiger partial charge < -0.3 is 0 Å². The first-order chi connectivity index (χ1) is 7.22. The monoisotopic (exact) mass is 207 g/mol. The van der Waals surface area contributed by atoms with E-state index in [9.17, 15) is 9.18 Å². The second-order valence-electron chi connectivity index (χ2n) is 2.75. The second kappa shape index (κ2) is 5.72. The van der Waals surface area contributed by atoms with Crippen molar-refractivity contribution in [2.75, 3.05) is 0 Å². The molecule has 0 aliphatic carbocycles. The van der Waals surface area contributed by atoms with Crippen LogP contribution in [0.15, 0.2) is 42.5 Å². The summed E-state index contributed by atoms with van der Waals surface area (Å²) >= 11 is 0. The van der Waals surface area contributed by atoms with Gasteiger partial charge in [-0.05, 0) is 17.7 Å². The Morgan fingerprint density at radius 2 is 1.93 bits per heavy atom. The molecule has 0 saturated heterocycles. The van der Waals surface area contributed by atoms with Crippen LogP contribution in [0.3, 0.4) is 0 Å². The van der Waals surface area contributed by atoms with Crippen molar-refractivity contribution < 1.29 is 14.4 Å². The number of hydrogen-bond donors (Lipinski definition) is 2. The number of carbonyl (C=O) groups is 1. The highest BCUT2D eigenvalue weighted by Crippen LogP contribution is 2.04. The first kappa shape index (κ1) is 11.1. The molecule has 1 aromatic carbocycles. The van der Waals surface area contributed by atoms with Gasteiger partial charge in [0, 0.05) is 6.08 Å². The van der Waals surface area contributed by atoms with Gasteiger partial charge >= 0.3 is 0 Å². The molecule has 0 saturated carbocycles. The zero-order chi connectivity index (χ0) is 11.1. The van der Waals surface area contributed by atoms with E-state index in [0.717, 1.165) is 5.56 Å². The van der Waals surface area contributed by atoms with Gasteiger partial charge in [-0.1, -0.05) is 30.4 Å². The van der Waals surface area contributed by atoms with Crippen LogP contribution >= 0.6 is 0 Å². The van der Waals surface area contributed by atoms with Crippen LogP contribution in [-0.4, -0.2) is 11.1 Å². The lowest BCUT2D eigenvalue weighted by Crippen LogP contribution is -2.14. The van der Waals surface area contributed by atoms with Gasteiger partial charge in [0.15, 0.2) is 0 Å². The van der Waals surface area contributed by atoms with Gasteiger partial charge in [0.2, 0.25) is 0 Å². The van der Waals surface area contributed by atoms with Crippen molar-refractivity contribution in [3.8, 4) is 0 Å². The maximum atomic E-state index is 12.5. The molecule has 0 fully saturated rings. The summed E-state index contributed by atoms with van der Waals surface area (Å²) < 4.78 is 12.5. The molecular formula is C11H10FNO2. The fourth-order valence-corrected chi connectivity index (χ4v) is 0.921. The average molecular weight is 207 g/mol. The fourth-order valence-electron chi connectivity index (χ4n) is 0.921. The summed E-state index contributed by atoms with van der Waals surface area (Å²) in [5.74, 6) is -0.888. The molecule has 3 nitrogen and oxygen atoms in total. The summed E-state index contributed by atoms with van der Waals surface area (Å²) in [6.07, 6.45) is 5.96. The molecule has 0 aliphatic rings. The van der Waals surface area contributed by atoms with E-state index in [2.05, 4.69) is 0 Å². The molecule has 0 heterocycles. The van der Waals surface area contributed by atoms with E-state index in [1.54, 1.807) is 24.3 Å². The summed E-state index contributed by atoms with van der Waals surface area (Å²) in [7, 11) is 0. The summed E-state index contributed by atoms with van der Waals surface area (Å²) in [6.45, 7) is 0. The van der Waals surface area contributed by atoms with Gasteiger partial charge in [0.1, 0.15) is 5.82 Å². The predicted molar refractivity (Wildman–Crippen MR) is 54.5 cm³/mol. The van der Waals surface area contributed by atoms with Gasteiger partial charge in [-0.15, -0.1) is 0 Å². The molecule has 0 radical (unpaired) electrons. The Kier molecular flexibility index (Phi) is 4.25. The lowest BCUT2D eigenvalue weighted by molar-refractivity contribution is -0.124. The van der Waals surface area contributed by atoms with E-state index in [1.165, 1.54) is 29.8 Å². The Balaban J connectivity index is 2.55. The summed E-state index contributed by atoms with van der Waals surface area (Å²) in [5, 5.41) is 8.17. The molecule has 1 rings (SSSR count). The smallest absolute Gasteiger partial charge is 0.267 e. The Hall–Kier alpha value is -1.94. The molecule has 1 aromatic rings. The quantitative estimate of drug-likeness (QED) is 0.344. The van der Waals surface area contributed by atoms with Crippen molar-refractivity contribution in [1.29, 1.82) is 0 Å². The lowest BCUT2D eigenvalue weighted by Gasteiger charge is -1.91. The average Bonchev–Trinajstić information content (AvgIpc) is 2.26. The first-order valence-electron chi connectivity index (χ1n) is 4.27. The molecule has 2 N–H and O–H groups in total. The number of nitrogens with one attached hydrogen (secondary N) is 1. The third-order valence-corrected chi connectivity index (χ3v) is 1.63. The largest absolute Gasteiger partial charge is 0.288 e. The van der Waals surface area contributed by atoms with E-state index >= 15 is 0 Å². The highest BCUT2D eigenvalue weighted by atomic mass is 19.1. The van der Waals surface area contributed by atoms with E-state index in [0.29, 0.717) is 0 Å². The molecular weight excluding hydrogens is 197 g/mol. The van der Waals surface area contributed by atoms with Crippen molar-refractivity contribution in [1.82, 2.24) is 5.48 Å². The van der Waals surface area contributed by atoms with Crippen LogP contribution in [0, 0.1) is 5.82 Å². The van der Waals surface area contributed by atoms with Crippen molar-refractivity contribution in [3.05, 3.63) is 53.9 Å². The van der Waals surface area contributed by atoms with E-state index < -0.39 is 5.91 Å². The normalized spacial score (nSPS) is 11.1. The number of allylic oxidation sites excluding steroid dienone is 2. The van der Waals surface area contributed by atoms with Crippen LogP contribution < -0.4 is 5.48 Å². The molecule has 0 atom stereocenters. The fraction of sp³-hybridized carbons (Fsp3) is 0. The number of carbonyl (C=O) groups excluding carboxylic acids is 1. The number of benzene rings is 1.